The van der Waals surface area contributed by atoms with Gasteiger partial charge in [-0.15, -0.1) is 0 Å². The van der Waals surface area contributed by atoms with Gasteiger partial charge in [-0.05, 0) is 52.7 Å². The maximum Gasteiger partial charge on any atom is 0.143 e. The summed E-state index contributed by atoms with van der Waals surface area (Å²) in [6.45, 7) is 1.84. The molecule has 0 aliphatic rings. The third kappa shape index (κ3) is 2.98. The molecule has 3 N–H and O–H groups in total. The van der Waals surface area contributed by atoms with Crippen molar-refractivity contribution in [3.63, 3.8) is 0 Å². The molecule has 0 atom stereocenters. The van der Waals surface area contributed by atoms with Crippen LogP contribution in [0.25, 0.3) is 0 Å². The van der Waals surface area contributed by atoms with Crippen LogP contribution in [0.5, 0.6) is 5.75 Å². The number of nitrogen functional groups attached to an aromatic ring is 1. The topological polar surface area (TPSA) is 47.3 Å². The molecular formula is C14H14BrFN2O. The Morgan fingerprint density at radius 2 is 2.00 bits per heavy atom. The molecule has 5 heteroatoms. The summed E-state index contributed by atoms with van der Waals surface area (Å²) in [5.74, 6) is 0.321. The van der Waals surface area contributed by atoms with Gasteiger partial charge in [0.1, 0.15) is 11.6 Å². The van der Waals surface area contributed by atoms with Crippen LogP contribution in [0.4, 0.5) is 21.5 Å². The third-order valence-corrected chi connectivity index (χ3v) is 3.39. The molecule has 2 aromatic carbocycles. The third-order valence-electron chi connectivity index (χ3n) is 2.78. The first-order chi connectivity index (χ1) is 9.01. The summed E-state index contributed by atoms with van der Waals surface area (Å²) in [5.41, 5.74) is 8.79. The van der Waals surface area contributed by atoms with Gasteiger partial charge in [0.05, 0.1) is 17.3 Å². The fourth-order valence-electron chi connectivity index (χ4n) is 1.73. The highest BCUT2D eigenvalue weighted by Gasteiger charge is 2.07. The van der Waals surface area contributed by atoms with E-state index in [9.17, 15) is 4.39 Å². The van der Waals surface area contributed by atoms with Gasteiger partial charge >= 0.3 is 0 Å². The maximum absolute atomic E-state index is 13.4. The second-order valence-electron chi connectivity index (χ2n) is 4.16. The van der Waals surface area contributed by atoms with E-state index in [0.717, 1.165) is 16.9 Å². The van der Waals surface area contributed by atoms with E-state index in [-0.39, 0.29) is 5.82 Å². The summed E-state index contributed by atoms with van der Waals surface area (Å²) >= 11 is 3.17. The van der Waals surface area contributed by atoms with Crippen molar-refractivity contribution in [2.24, 2.45) is 0 Å². The maximum atomic E-state index is 13.4. The highest BCUT2D eigenvalue weighted by molar-refractivity contribution is 9.10. The first-order valence-electron chi connectivity index (χ1n) is 5.67. The number of nitrogens with one attached hydrogen (secondary N) is 1. The van der Waals surface area contributed by atoms with Crippen LogP contribution in [-0.2, 0) is 0 Å². The van der Waals surface area contributed by atoms with Crippen LogP contribution in [0.2, 0.25) is 0 Å². The molecule has 0 unspecified atom stereocenters. The van der Waals surface area contributed by atoms with E-state index in [0.29, 0.717) is 15.9 Å². The number of aryl methyl sites for hydroxylation is 1. The lowest BCUT2D eigenvalue weighted by atomic mass is 10.2. The summed E-state index contributed by atoms with van der Waals surface area (Å²) in [6.07, 6.45) is 0. The predicted molar refractivity (Wildman–Crippen MR) is 79.5 cm³/mol. The molecule has 0 bridgehead atoms. The molecule has 100 valence electrons. The fourth-order valence-corrected chi connectivity index (χ4v) is 2.07. The van der Waals surface area contributed by atoms with Crippen molar-refractivity contribution in [1.29, 1.82) is 0 Å². The Morgan fingerprint density at radius 3 is 2.68 bits per heavy atom. The largest absolute Gasteiger partial charge is 0.495 e. The number of rotatable bonds is 3. The average Bonchev–Trinajstić information content (AvgIpc) is 2.38. The molecule has 3 nitrogen and oxygen atoms in total. The molecule has 0 saturated carbocycles. The predicted octanol–water partition coefficient (Wildman–Crippen LogP) is 4.23. The highest BCUT2D eigenvalue weighted by atomic mass is 79.9. The van der Waals surface area contributed by atoms with Gasteiger partial charge in [-0.25, -0.2) is 4.39 Å². The van der Waals surface area contributed by atoms with Crippen molar-refractivity contribution in [2.75, 3.05) is 18.2 Å². The smallest absolute Gasteiger partial charge is 0.143 e. The number of benzene rings is 2. The van der Waals surface area contributed by atoms with Crippen LogP contribution in [0, 0.1) is 12.7 Å². The van der Waals surface area contributed by atoms with Gasteiger partial charge in [0.2, 0.25) is 0 Å². The van der Waals surface area contributed by atoms with E-state index in [1.807, 2.05) is 13.0 Å². The van der Waals surface area contributed by atoms with E-state index in [2.05, 4.69) is 21.2 Å². The van der Waals surface area contributed by atoms with Crippen molar-refractivity contribution >= 4 is 33.0 Å². The first-order valence-corrected chi connectivity index (χ1v) is 6.46. The van der Waals surface area contributed by atoms with Gasteiger partial charge in [0.15, 0.2) is 0 Å². The first kappa shape index (κ1) is 13.7. The second-order valence-corrected chi connectivity index (χ2v) is 5.02. The minimum Gasteiger partial charge on any atom is -0.495 e. The Labute approximate surface area is 119 Å². The molecule has 19 heavy (non-hydrogen) atoms. The zero-order valence-electron chi connectivity index (χ0n) is 10.6. The van der Waals surface area contributed by atoms with Crippen molar-refractivity contribution in [2.45, 2.75) is 6.92 Å². The van der Waals surface area contributed by atoms with Crippen molar-refractivity contribution < 1.29 is 9.13 Å². The zero-order chi connectivity index (χ0) is 14.0. The molecule has 0 radical (unpaired) electrons. The molecule has 0 aliphatic carbocycles. The molecule has 0 saturated heterocycles. The number of hydrogen-bond donors (Lipinski definition) is 2. The van der Waals surface area contributed by atoms with Crippen LogP contribution >= 0.6 is 15.9 Å². The highest BCUT2D eigenvalue weighted by Crippen LogP contribution is 2.30. The Balaban J connectivity index is 2.33. The number of hydrogen-bond acceptors (Lipinski definition) is 3. The summed E-state index contributed by atoms with van der Waals surface area (Å²) in [4.78, 5) is 0. The minimum atomic E-state index is -0.280. The van der Waals surface area contributed by atoms with Crippen molar-refractivity contribution in [3.8, 4) is 5.75 Å². The summed E-state index contributed by atoms with van der Waals surface area (Å²) in [7, 11) is 1.56. The van der Waals surface area contributed by atoms with E-state index in [1.54, 1.807) is 25.3 Å². The molecule has 0 aliphatic heterocycles. The Hall–Kier alpha value is -1.75. The second kappa shape index (κ2) is 5.48. The van der Waals surface area contributed by atoms with Crippen molar-refractivity contribution in [3.05, 3.63) is 46.2 Å². The molecular weight excluding hydrogens is 311 g/mol. The number of anilines is 3. The molecule has 0 amide bonds. The van der Waals surface area contributed by atoms with E-state index >= 15 is 0 Å². The van der Waals surface area contributed by atoms with Gasteiger partial charge in [0, 0.05) is 17.4 Å². The van der Waals surface area contributed by atoms with Crippen LogP contribution in [0.1, 0.15) is 5.56 Å². The lowest BCUT2D eigenvalue weighted by Gasteiger charge is -2.12. The standard InChI is InChI=1S/C14H14BrFN2O/c1-8-5-11(16)10(15)7-13(8)18-9-3-4-12(17)14(6-9)19-2/h3-7,18H,17H2,1-2H3. The number of methoxy groups -OCH3 is 1. The summed E-state index contributed by atoms with van der Waals surface area (Å²) in [6, 6.07) is 8.57. The minimum absolute atomic E-state index is 0.280. The van der Waals surface area contributed by atoms with Crippen LogP contribution in [0.15, 0.2) is 34.8 Å². The zero-order valence-corrected chi connectivity index (χ0v) is 12.2. The molecule has 2 aromatic rings. The van der Waals surface area contributed by atoms with Gasteiger partial charge in [-0.1, -0.05) is 0 Å². The van der Waals surface area contributed by atoms with E-state index in [4.69, 9.17) is 10.5 Å². The van der Waals surface area contributed by atoms with Gasteiger partial charge < -0.3 is 15.8 Å². The van der Waals surface area contributed by atoms with Gasteiger partial charge in [0.25, 0.3) is 0 Å². The molecule has 0 aromatic heterocycles. The Kier molecular flexibility index (Phi) is 3.95. The van der Waals surface area contributed by atoms with E-state index in [1.165, 1.54) is 6.07 Å². The number of nitrogens with two attached hydrogens (primary N) is 1. The molecule has 2 rings (SSSR count). The normalized spacial score (nSPS) is 10.3. The average molecular weight is 325 g/mol. The Bertz CT molecular complexity index is 617. The lowest BCUT2D eigenvalue weighted by molar-refractivity contribution is 0.417. The molecule has 0 fully saturated rings. The van der Waals surface area contributed by atoms with Crippen LogP contribution < -0.4 is 15.8 Å². The fraction of sp³-hybridized carbons (Fsp3) is 0.143. The quantitative estimate of drug-likeness (QED) is 0.830. The van der Waals surface area contributed by atoms with Gasteiger partial charge in [-0.2, -0.15) is 0 Å². The van der Waals surface area contributed by atoms with Crippen LogP contribution in [-0.4, -0.2) is 7.11 Å². The lowest BCUT2D eigenvalue weighted by Crippen LogP contribution is -1.97. The van der Waals surface area contributed by atoms with Gasteiger partial charge in [-0.3, -0.25) is 0 Å². The number of ether oxygens (including phenoxy) is 1. The Morgan fingerprint density at radius 1 is 1.26 bits per heavy atom. The monoisotopic (exact) mass is 324 g/mol. The molecule has 0 spiro atoms. The van der Waals surface area contributed by atoms with Crippen LogP contribution in [0.3, 0.4) is 0 Å². The van der Waals surface area contributed by atoms with E-state index < -0.39 is 0 Å². The summed E-state index contributed by atoms with van der Waals surface area (Å²) < 4.78 is 18.9. The number of halogens is 2. The summed E-state index contributed by atoms with van der Waals surface area (Å²) in [5, 5.41) is 3.21. The molecule has 0 heterocycles. The van der Waals surface area contributed by atoms with Crippen molar-refractivity contribution in [1.82, 2.24) is 0 Å². The SMILES string of the molecule is COc1cc(Nc2cc(Br)c(F)cc2C)ccc1N.